The van der Waals surface area contributed by atoms with E-state index in [-0.39, 0.29) is 37.4 Å². The monoisotopic (exact) mass is 377 g/mol. The Bertz CT molecular complexity index is 804. The molecule has 146 valence electrons. The standard InChI is InChI=1S/C19H23NO7/c1-12(2)27-19(22)15-13(7-9-21)17(25-10-23-3)14-6-5-8-20-16(14)18(15)26-11-24-4/h5-6,8-9,12H,7,10-11H2,1-4H3. The highest BCUT2D eigenvalue weighted by atomic mass is 16.7. The molecule has 0 fully saturated rings. The van der Waals surface area contributed by atoms with E-state index in [1.54, 1.807) is 32.2 Å². The number of aldehydes is 1. The number of benzene rings is 1. The lowest BCUT2D eigenvalue weighted by atomic mass is 9.98. The van der Waals surface area contributed by atoms with Gasteiger partial charge in [0.1, 0.15) is 23.1 Å². The van der Waals surface area contributed by atoms with Gasteiger partial charge in [0.2, 0.25) is 0 Å². The van der Waals surface area contributed by atoms with Crippen LogP contribution in [0.5, 0.6) is 11.5 Å². The number of aromatic nitrogens is 1. The Hall–Kier alpha value is -2.71. The lowest BCUT2D eigenvalue weighted by molar-refractivity contribution is -0.107. The van der Waals surface area contributed by atoms with Gasteiger partial charge in [-0.3, -0.25) is 4.98 Å². The first-order valence-electron chi connectivity index (χ1n) is 8.36. The number of pyridine rings is 1. The van der Waals surface area contributed by atoms with E-state index in [1.165, 1.54) is 14.2 Å². The van der Waals surface area contributed by atoms with E-state index >= 15 is 0 Å². The maximum Gasteiger partial charge on any atom is 0.342 e. The van der Waals surface area contributed by atoms with Crippen molar-refractivity contribution in [3.05, 3.63) is 29.5 Å². The van der Waals surface area contributed by atoms with Crippen molar-refractivity contribution in [3.63, 3.8) is 0 Å². The summed E-state index contributed by atoms with van der Waals surface area (Å²) in [6.45, 7) is 3.29. The summed E-state index contributed by atoms with van der Waals surface area (Å²) in [7, 11) is 2.94. The Kier molecular flexibility index (Phi) is 7.51. The molecule has 0 bridgehead atoms. The summed E-state index contributed by atoms with van der Waals surface area (Å²) in [4.78, 5) is 28.5. The molecule has 0 radical (unpaired) electrons. The lowest BCUT2D eigenvalue weighted by Gasteiger charge is -2.20. The highest BCUT2D eigenvalue weighted by Crippen LogP contribution is 2.40. The summed E-state index contributed by atoms with van der Waals surface area (Å²) in [5.74, 6) is -0.130. The van der Waals surface area contributed by atoms with Crippen molar-refractivity contribution >= 4 is 23.2 Å². The first kappa shape index (κ1) is 20.6. The molecule has 0 saturated carbocycles. The number of hydrogen-bond acceptors (Lipinski definition) is 8. The molecule has 1 aromatic carbocycles. The molecule has 0 spiro atoms. The van der Waals surface area contributed by atoms with E-state index in [9.17, 15) is 9.59 Å². The van der Waals surface area contributed by atoms with Crippen LogP contribution in [-0.4, -0.2) is 51.1 Å². The number of esters is 1. The normalized spacial score (nSPS) is 10.9. The van der Waals surface area contributed by atoms with Gasteiger partial charge in [0.25, 0.3) is 0 Å². The van der Waals surface area contributed by atoms with Gasteiger partial charge in [0.05, 0.1) is 6.10 Å². The van der Waals surface area contributed by atoms with E-state index in [1.807, 2.05) is 0 Å². The Morgan fingerprint density at radius 1 is 1.15 bits per heavy atom. The summed E-state index contributed by atoms with van der Waals surface area (Å²) in [5.41, 5.74) is 0.829. The molecule has 2 rings (SSSR count). The largest absolute Gasteiger partial charge is 0.467 e. The predicted octanol–water partition coefficient (Wildman–Crippen LogP) is 2.51. The first-order valence-corrected chi connectivity index (χ1v) is 8.36. The molecular formula is C19H23NO7. The number of carbonyl (C=O) groups excluding carboxylic acids is 2. The Labute approximate surface area is 157 Å². The molecule has 1 heterocycles. The molecule has 2 aromatic rings. The second-order valence-corrected chi connectivity index (χ2v) is 5.84. The number of carbonyl (C=O) groups is 2. The van der Waals surface area contributed by atoms with E-state index in [4.69, 9.17) is 23.7 Å². The molecule has 0 saturated heterocycles. The van der Waals surface area contributed by atoms with Crippen LogP contribution < -0.4 is 9.47 Å². The minimum absolute atomic E-state index is 0.0627. The van der Waals surface area contributed by atoms with Crippen molar-refractivity contribution in [2.24, 2.45) is 0 Å². The van der Waals surface area contributed by atoms with Gasteiger partial charge in [-0.25, -0.2) is 4.79 Å². The van der Waals surface area contributed by atoms with Crippen molar-refractivity contribution in [2.45, 2.75) is 26.4 Å². The molecule has 8 nitrogen and oxygen atoms in total. The maximum absolute atomic E-state index is 12.8. The van der Waals surface area contributed by atoms with E-state index in [0.29, 0.717) is 28.5 Å². The third-order valence-electron chi connectivity index (χ3n) is 3.55. The minimum Gasteiger partial charge on any atom is -0.467 e. The van der Waals surface area contributed by atoms with Gasteiger partial charge in [0.15, 0.2) is 19.3 Å². The number of methoxy groups -OCH3 is 2. The Balaban J connectivity index is 2.83. The average molecular weight is 377 g/mol. The zero-order chi connectivity index (χ0) is 19.8. The molecule has 8 heteroatoms. The molecule has 0 N–H and O–H groups in total. The summed E-state index contributed by atoms with van der Waals surface area (Å²) < 4.78 is 26.7. The average Bonchev–Trinajstić information content (AvgIpc) is 2.64. The Morgan fingerprint density at radius 2 is 1.81 bits per heavy atom. The second-order valence-electron chi connectivity index (χ2n) is 5.84. The van der Waals surface area contributed by atoms with Gasteiger partial charge in [-0.15, -0.1) is 0 Å². The third-order valence-corrected chi connectivity index (χ3v) is 3.55. The summed E-state index contributed by atoms with van der Waals surface area (Å²) in [6, 6.07) is 3.48. The van der Waals surface area contributed by atoms with Crippen LogP contribution in [0.3, 0.4) is 0 Å². The maximum atomic E-state index is 12.8. The van der Waals surface area contributed by atoms with Crippen molar-refractivity contribution in [1.82, 2.24) is 4.98 Å². The summed E-state index contributed by atoms with van der Waals surface area (Å²) in [5, 5.41) is 0.582. The molecule has 27 heavy (non-hydrogen) atoms. The van der Waals surface area contributed by atoms with E-state index in [0.717, 1.165) is 0 Å². The van der Waals surface area contributed by atoms with Crippen LogP contribution in [0.15, 0.2) is 18.3 Å². The topological polar surface area (TPSA) is 93.2 Å². The molecule has 1 aromatic heterocycles. The van der Waals surface area contributed by atoms with Crippen LogP contribution >= 0.6 is 0 Å². The van der Waals surface area contributed by atoms with Gasteiger partial charge in [-0.05, 0) is 26.0 Å². The van der Waals surface area contributed by atoms with Crippen molar-refractivity contribution < 1.29 is 33.3 Å². The van der Waals surface area contributed by atoms with E-state index < -0.39 is 5.97 Å². The first-order chi connectivity index (χ1) is 13.0. The van der Waals surface area contributed by atoms with Crippen molar-refractivity contribution in [3.8, 4) is 11.5 Å². The number of fused-ring (bicyclic) bond motifs is 1. The molecule has 0 atom stereocenters. The zero-order valence-corrected chi connectivity index (χ0v) is 15.8. The molecule has 0 unspecified atom stereocenters. The van der Waals surface area contributed by atoms with Crippen LogP contribution in [0.1, 0.15) is 29.8 Å². The van der Waals surface area contributed by atoms with E-state index in [2.05, 4.69) is 4.98 Å². The number of hydrogen-bond donors (Lipinski definition) is 0. The molecular weight excluding hydrogens is 354 g/mol. The fraction of sp³-hybridized carbons (Fsp3) is 0.421. The van der Waals surface area contributed by atoms with Crippen LogP contribution in [0, 0.1) is 0 Å². The van der Waals surface area contributed by atoms with Crippen molar-refractivity contribution in [1.29, 1.82) is 0 Å². The SMILES string of the molecule is COCOc1c(CC=O)c(C(=O)OC(C)C)c(OCOC)c2ncccc12. The van der Waals surface area contributed by atoms with Crippen LogP contribution in [0.25, 0.3) is 10.9 Å². The highest BCUT2D eigenvalue weighted by molar-refractivity contribution is 6.05. The van der Waals surface area contributed by atoms with Crippen LogP contribution in [-0.2, 0) is 25.4 Å². The highest BCUT2D eigenvalue weighted by Gasteiger charge is 2.28. The predicted molar refractivity (Wildman–Crippen MR) is 97.1 cm³/mol. The Morgan fingerprint density at radius 3 is 2.41 bits per heavy atom. The fourth-order valence-electron chi connectivity index (χ4n) is 2.61. The minimum atomic E-state index is -0.636. The third kappa shape index (κ3) is 4.72. The fourth-order valence-corrected chi connectivity index (χ4v) is 2.61. The number of ether oxygens (including phenoxy) is 5. The van der Waals surface area contributed by atoms with Gasteiger partial charge in [0, 0.05) is 37.8 Å². The smallest absolute Gasteiger partial charge is 0.342 e. The molecule has 0 aliphatic rings. The second kappa shape index (κ2) is 9.84. The molecule has 0 aliphatic carbocycles. The number of rotatable bonds is 10. The summed E-state index contributed by atoms with van der Waals surface area (Å²) >= 11 is 0. The van der Waals surface area contributed by atoms with Gasteiger partial charge in [-0.2, -0.15) is 0 Å². The quantitative estimate of drug-likeness (QED) is 0.354. The molecule has 0 aliphatic heterocycles. The lowest BCUT2D eigenvalue weighted by Crippen LogP contribution is -2.18. The zero-order valence-electron chi connectivity index (χ0n) is 15.8. The van der Waals surface area contributed by atoms with Crippen LogP contribution in [0.4, 0.5) is 0 Å². The van der Waals surface area contributed by atoms with Gasteiger partial charge >= 0.3 is 5.97 Å². The number of nitrogens with zero attached hydrogens (tertiary/aromatic N) is 1. The van der Waals surface area contributed by atoms with Crippen LogP contribution in [0.2, 0.25) is 0 Å². The van der Waals surface area contributed by atoms with Crippen molar-refractivity contribution in [2.75, 3.05) is 27.8 Å². The molecule has 0 amide bonds. The van der Waals surface area contributed by atoms with Gasteiger partial charge < -0.3 is 28.5 Å². The summed E-state index contributed by atoms with van der Waals surface area (Å²) in [6.07, 6.45) is 1.82. The van der Waals surface area contributed by atoms with Gasteiger partial charge in [-0.1, -0.05) is 0 Å².